The quantitative estimate of drug-likeness (QED) is 0.292. The van der Waals surface area contributed by atoms with E-state index in [1.807, 2.05) is 0 Å². The summed E-state index contributed by atoms with van der Waals surface area (Å²) in [6.45, 7) is -0.762. The van der Waals surface area contributed by atoms with E-state index in [-0.39, 0.29) is 101 Å². The van der Waals surface area contributed by atoms with Crippen LogP contribution in [0.5, 0.6) is 0 Å². The van der Waals surface area contributed by atoms with Crippen LogP contribution in [-0.2, 0) is 22.7 Å². The first-order valence-electron chi connectivity index (χ1n) is 7.01. The number of anilines is 1. The van der Waals surface area contributed by atoms with Gasteiger partial charge in [0, 0.05) is 6.42 Å². The number of ether oxygens (including phenoxy) is 1. The molecule has 3 rings (SSSR count). The predicted molar refractivity (Wildman–Crippen MR) is 76.5 cm³/mol. The van der Waals surface area contributed by atoms with Crippen LogP contribution in [-0.4, -0.2) is 43.4 Å². The van der Waals surface area contributed by atoms with Gasteiger partial charge in [0.25, 0.3) is 7.82 Å². The second-order valence-corrected chi connectivity index (χ2v) is 7.99. The Morgan fingerprint density at radius 1 is 1.24 bits per heavy atom. The number of rotatable bonds is 6. The minimum absolute atomic E-state index is 0. The molecular weight excluding hydrogens is 465 g/mol. The SMILES string of the molecule is Nc1ncnc2c1ncn2[C@H]1C[C@H](O)[C@@H](COP(=O)([O-])OP(=O)([O-])[O-])O1.[Na+].[Na+].[Na+]. The summed E-state index contributed by atoms with van der Waals surface area (Å²) >= 11 is 0. The third-order valence-corrected chi connectivity index (χ3v) is 5.56. The van der Waals surface area contributed by atoms with Gasteiger partial charge in [0.2, 0.25) is 0 Å². The Hall–Kier alpha value is 1.53. The Morgan fingerprint density at radius 2 is 1.90 bits per heavy atom. The van der Waals surface area contributed by atoms with Crippen molar-refractivity contribution in [1.82, 2.24) is 19.5 Å². The van der Waals surface area contributed by atoms with Crippen LogP contribution in [0.2, 0.25) is 0 Å². The number of hydrogen-bond acceptors (Lipinski definition) is 13. The molecule has 0 saturated carbocycles. The molecule has 19 heteroatoms. The van der Waals surface area contributed by atoms with Crippen LogP contribution in [0.15, 0.2) is 12.7 Å². The fourth-order valence-corrected chi connectivity index (χ4v) is 3.93. The summed E-state index contributed by atoms with van der Waals surface area (Å²) in [6.07, 6.45) is -0.437. The standard InChI is InChI=1S/C10H15N5O9P2.3Na/c11-9-8-10(13-3-12-9)15(4-14-8)7-1-5(16)6(23-7)2-22-26(20,21)24-25(17,18)19;;;/h3-7,16H,1-2H2,(H,20,21)(H2,11,12,13)(H2,17,18,19);;;/q;3*+1/p-3/t5-,6+,7+;;;/m0.../s1. The third kappa shape index (κ3) is 8.11. The van der Waals surface area contributed by atoms with Crippen molar-refractivity contribution < 1.29 is 131 Å². The third-order valence-electron chi connectivity index (χ3n) is 3.50. The minimum atomic E-state index is -5.79. The molecule has 0 aromatic carbocycles. The van der Waals surface area contributed by atoms with E-state index in [1.54, 1.807) is 0 Å². The van der Waals surface area contributed by atoms with Gasteiger partial charge in [0.1, 0.15) is 24.2 Å². The number of phosphoric acid groups is 2. The minimum Gasteiger partial charge on any atom is -0.790 e. The summed E-state index contributed by atoms with van der Waals surface area (Å²) < 4.78 is 36.2. The van der Waals surface area contributed by atoms with E-state index in [0.717, 1.165) is 0 Å². The molecule has 14 nitrogen and oxygen atoms in total. The molecule has 3 heterocycles. The van der Waals surface area contributed by atoms with E-state index in [4.69, 9.17) is 10.5 Å². The van der Waals surface area contributed by atoms with E-state index in [1.165, 1.54) is 17.2 Å². The first-order valence-corrected chi connectivity index (χ1v) is 9.93. The van der Waals surface area contributed by atoms with Crippen molar-refractivity contribution in [2.75, 3.05) is 12.3 Å². The Labute approximate surface area is 230 Å². The van der Waals surface area contributed by atoms with Crippen molar-refractivity contribution in [3.63, 3.8) is 0 Å². The molecule has 1 fully saturated rings. The Bertz CT molecular complexity index is 914. The van der Waals surface area contributed by atoms with Gasteiger partial charge in [-0.1, -0.05) is 0 Å². The molecule has 2 aromatic rings. The maximum atomic E-state index is 11.3. The van der Waals surface area contributed by atoms with Crippen molar-refractivity contribution in [1.29, 1.82) is 0 Å². The Kier molecular flexibility index (Phi) is 12.8. The molecule has 29 heavy (non-hydrogen) atoms. The average molecular weight is 477 g/mol. The smallest absolute Gasteiger partial charge is 0.790 e. The van der Waals surface area contributed by atoms with Gasteiger partial charge in [-0.2, -0.15) is 0 Å². The fraction of sp³-hybridized carbons (Fsp3) is 0.500. The summed E-state index contributed by atoms with van der Waals surface area (Å²) in [5, 5.41) is 10.0. The van der Waals surface area contributed by atoms with E-state index in [9.17, 15) is 28.9 Å². The zero-order valence-electron chi connectivity index (χ0n) is 15.8. The van der Waals surface area contributed by atoms with Gasteiger partial charge in [0.05, 0.1) is 26.9 Å². The van der Waals surface area contributed by atoms with Gasteiger partial charge in [-0.15, -0.1) is 0 Å². The van der Waals surface area contributed by atoms with Crippen molar-refractivity contribution in [3.8, 4) is 0 Å². The summed E-state index contributed by atoms with van der Waals surface area (Å²) in [7, 11) is -11.2. The van der Waals surface area contributed by atoms with Crippen LogP contribution in [0, 0.1) is 0 Å². The fourth-order valence-electron chi connectivity index (χ4n) is 2.43. The zero-order valence-corrected chi connectivity index (χ0v) is 23.6. The molecule has 1 saturated heterocycles. The van der Waals surface area contributed by atoms with Crippen molar-refractivity contribution in [2.24, 2.45) is 0 Å². The van der Waals surface area contributed by atoms with Crippen LogP contribution >= 0.6 is 15.6 Å². The maximum Gasteiger partial charge on any atom is 1.00 e. The van der Waals surface area contributed by atoms with Crippen molar-refractivity contribution >= 4 is 32.6 Å². The molecule has 0 aliphatic carbocycles. The Balaban J connectivity index is 0.00000261. The maximum absolute atomic E-state index is 11.3. The number of nitrogens with two attached hydrogens (primary N) is 1. The van der Waals surface area contributed by atoms with Crippen molar-refractivity contribution in [2.45, 2.75) is 24.9 Å². The van der Waals surface area contributed by atoms with E-state index < -0.39 is 40.7 Å². The Morgan fingerprint density at radius 3 is 2.52 bits per heavy atom. The summed E-state index contributed by atoms with van der Waals surface area (Å²) in [6, 6.07) is 0. The van der Waals surface area contributed by atoms with E-state index in [2.05, 4.69) is 23.8 Å². The van der Waals surface area contributed by atoms with Gasteiger partial charge in [0.15, 0.2) is 11.5 Å². The molecule has 144 valence electrons. The molecule has 3 N–H and O–H groups in total. The van der Waals surface area contributed by atoms with Gasteiger partial charge in [-0.3, -0.25) is 13.4 Å². The largest absolute Gasteiger partial charge is 1.00 e. The number of hydrogen-bond donors (Lipinski definition) is 2. The number of nitrogens with zero attached hydrogens (tertiary/aromatic N) is 4. The van der Waals surface area contributed by atoms with Crippen LogP contribution in [0.3, 0.4) is 0 Å². The number of phosphoric ester groups is 1. The number of nitrogen functional groups attached to an aromatic ring is 1. The molecule has 1 aliphatic heterocycles. The second kappa shape index (κ2) is 12.1. The summed E-state index contributed by atoms with van der Waals surface area (Å²) in [5.41, 5.74) is 6.34. The molecule has 1 unspecified atom stereocenters. The van der Waals surface area contributed by atoms with Gasteiger partial charge < -0.3 is 39.3 Å². The summed E-state index contributed by atoms with van der Waals surface area (Å²) in [4.78, 5) is 43.8. The average Bonchev–Trinajstić information content (AvgIpc) is 3.07. The monoisotopic (exact) mass is 477 g/mol. The first kappa shape index (κ1) is 30.5. The molecule has 1 aliphatic rings. The molecule has 0 spiro atoms. The molecule has 0 bridgehead atoms. The van der Waals surface area contributed by atoms with Gasteiger partial charge in [-0.05, 0) is 0 Å². The first-order chi connectivity index (χ1) is 12.1. The van der Waals surface area contributed by atoms with Crippen LogP contribution < -0.4 is 109 Å². The predicted octanol–water partition coefficient (Wildman–Crippen LogP) is -11.6. The molecule has 0 radical (unpaired) electrons. The van der Waals surface area contributed by atoms with Crippen LogP contribution in [0.4, 0.5) is 5.82 Å². The van der Waals surface area contributed by atoms with Gasteiger partial charge in [-0.25, -0.2) is 15.0 Å². The van der Waals surface area contributed by atoms with Crippen molar-refractivity contribution in [3.05, 3.63) is 12.7 Å². The summed E-state index contributed by atoms with van der Waals surface area (Å²) in [5.74, 6) is 0.149. The zero-order chi connectivity index (χ0) is 19.1. The van der Waals surface area contributed by atoms with E-state index in [0.29, 0.717) is 11.2 Å². The normalized spacial score (nSPS) is 23.5. The molecule has 4 atom stereocenters. The number of aliphatic hydroxyl groups is 1. The molecular formula is C10H12N5Na3O9P2. The number of aromatic nitrogens is 4. The van der Waals surface area contributed by atoms with Crippen LogP contribution in [0.25, 0.3) is 11.2 Å². The van der Waals surface area contributed by atoms with Gasteiger partial charge >= 0.3 is 88.7 Å². The number of imidazole rings is 1. The molecule has 0 amide bonds. The molecule has 2 aromatic heterocycles. The van der Waals surface area contributed by atoms with E-state index >= 15 is 0 Å². The topological polar surface area (TPSA) is 221 Å². The van der Waals surface area contributed by atoms with Crippen LogP contribution in [0.1, 0.15) is 12.6 Å². The second-order valence-electron chi connectivity index (χ2n) is 5.29. The number of aliphatic hydroxyl groups excluding tert-OH is 1. The number of fused-ring (bicyclic) bond motifs is 1.